The minimum atomic E-state index is 0.0121. The van der Waals surface area contributed by atoms with Crippen LogP contribution in [0, 0.1) is 0 Å². The third-order valence-electron chi connectivity index (χ3n) is 5.55. The standard InChI is InChI=1S/C28H26N2O4/c1-33-25-7-3-5-23(17-25)27(31)19-29-13-9-21(10-14-29)22-11-15-30(16-12-22)20-28(32)24-6-4-8-26(18-24)34-2/h3-18H,19-20H2,1-2H3/q+2. The molecule has 6 nitrogen and oxygen atoms in total. The normalized spacial score (nSPS) is 10.5. The fraction of sp³-hybridized carbons (Fsp3) is 0.143. The van der Waals surface area contributed by atoms with Gasteiger partial charge in [-0.1, -0.05) is 24.3 Å². The van der Waals surface area contributed by atoms with Gasteiger partial charge in [-0.15, -0.1) is 0 Å². The van der Waals surface area contributed by atoms with Gasteiger partial charge in [-0.05, 0) is 35.4 Å². The zero-order valence-electron chi connectivity index (χ0n) is 19.2. The van der Waals surface area contributed by atoms with Gasteiger partial charge in [0.05, 0.1) is 14.2 Å². The van der Waals surface area contributed by atoms with Gasteiger partial charge < -0.3 is 9.47 Å². The lowest BCUT2D eigenvalue weighted by molar-refractivity contribution is -0.683. The number of Topliss-reactive ketones (excluding diaryl/α,β-unsaturated/α-hetero) is 2. The molecule has 0 aliphatic rings. The second-order valence-electron chi connectivity index (χ2n) is 7.83. The molecule has 0 unspecified atom stereocenters. The predicted molar refractivity (Wildman–Crippen MR) is 127 cm³/mol. The van der Waals surface area contributed by atoms with E-state index in [1.807, 2.05) is 82.5 Å². The second-order valence-corrected chi connectivity index (χ2v) is 7.83. The zero-order valence-corrected chi connectivity index (χ0v) is 19.2. The topological polar surface area (TPSA) is 60.4 Å². The Morgan fingerprint density at radius 1 is 0.618 bits per heavy atom. The maximum Gasteiger partial charge on any atom is 0.227 e. The molecule has 34 heavy (non-hydrogen) atoms. The van der Waals surface area contributed by atoms with Crippen LogP contribution in [-0.4, -0.2) is 25.8 Å². The smallest absolute Gasteiger partial charge is 0.227 e. The molecule has 0 radical (unpaired) electrons. The molecular formula is C28H26N2O4+2. The monoisotopic (exact) mass is 454 g/mol. The van der Waals surface area contributed by atoms with Crippen LogP contribution in [0.5, 0.6) is 11.5 Å². The molecule has 0 atom stereocenters. The van der Waals surface area contributed by atoms with Crippen molar-refractivity contribution in [1.29, 1.82) is 0 Å². The quantitative estimate of drug-likeness (QED) is 0.286. The Balaban J connectivity index is 1.40. The Kier molecular flexibility index (Phi) is 7.08. The van der Waals surface area contributed by atoms with Gasteiger partial charge in [0.1, 0.15) is 11.5 Å². The summed E-state index contributed by atoms with van der Waals surface area (Å²) in [7, 11) is 3.17. The van der Waals surface area contributed by atoms with E-state index >= 15 is 0 Å². The van der Waals surface area contributed by atoms with E-state index in [1.165, 1.54) is 0 Å². The van der Waals surface area contributed by atoms with Gasteiger partial charge in [-0.2, -0.15) is 9.13 Å². The first-order chi connectivity index (χ1) is 16.6. The van der Waals surface area contributed by atoms with E-state index in [0.29, 0.717) is 22.6 Å². The maximum absolute atomic E-state index is 12.6. The highest BCUT2D eigenvalue weighted by Gasteiger charge is 2.15. The first-order valence-electron chi connectivity index (χ1n) is 10.9. The summed E-state index contributed by atoms with van der Waals surface area (Å²) >= 11 is 0. The number of carbonyl (C=O) groups is 2. The highest BCUT2D eigenvalue weighted by Crippen LogP contribution is 2.17. The molecule has 6 heteroatoms. The third kappa shape index (κ3) is 5.53. The van der Waals surface area contributed by atoms with Crippen molar-refractivity contribution < 1.29 is 28.2 Å². The van der Waals surface area contributed by atoms with Gasteiger partial charge in [-0.3, -0.25) is 9.59 Å². The highest BCUT2D eigenvalue weighted by molar-refractivity contribution is 5.95. The lowest BCUT2D eigenvalue weighted by Crippen LogP contribution is -2.37. The molecule has 2 aromatic carbocycles. The molecule has 170 valence electrons. The van der Waals surface area contributed by atoms with Crippen molar-refractivity contribution >= 4 is 11.6 Å². The average Bonchev–Trinajstić information content (AvgIpc) is 2.89. The fourth-order valence-electron chi connectivity index (χ4n) is 3.62. The number of ketones is 2. The summed E-state index contributed by atoms with van der Waals surface area (Å²) in [5.74, 6) is 1.35. The summed E-state index contributed by atoms with van der Waals surface area (Å²) in [5.41, 5.74) is 3.28. The molecule has 0 amide bonds. The Morgan fingerprint density at radius 2 is 1.00 bits per heavy atom. The number of pyridine rings is 2. The van der Waals surface area contributed by atoms with E-state index in [1.54, 1.807) is 38.5 Å². The van der Waals surface area contributed by atoms with Crippen LogP contribution in [0.2, 0.25) is 0 Å². The molecule has 4 aromatic rings. The summed E-state index contributed by atoms with van der Waals surface area (Å²) in [6, 6.07) is 22.2. The van der Waals surface area contributed by atoms with Crippen molar-refractivity contribution in [3.63, 3.8) is 0 Å². The predicted octanol–water partition coefficient (Wildman–Crippen LogP) is 3.71. The van der Waals surface area contributed by atoms with Crippen molar-refractivity contribution in [2.24, 2.45) is 0 Å². The first-order valence-corrected chi connectivity index (χ1v) is 10.9. The van der Waals surface area contributed by atoms with Crippen molar-refractivity contribution in [1.82, 2.24) is 0 Å². The minimum Gasteiger partial charge on any atom is -0.497 e. The van der Waals surface area contributed by atoms with Crippen LogP contribution in [0.1, 0.15) is 20.7 Å². The molecule has 0 N–H and O–H groups in total. The highest BCUT2D eigenvalue weighted by atomic mass is 16.5. The molecule has 0 aliphatic carbocycles. The minimum absolute atomic E-state index is 0.0121. The Bertz CT molecular complexity index is 1200. The van der Waals surface area contributed by atoms with Crippen LogP contribution in [0.3, 0.4) is 0 Å². The van der Waals surface area contributed by atoms with Gasteiger partial charge in [0, 0.05) is 35.4 Å². The van der Waals surface area contributed by atoms with E-state index in [0.717, 1.165) is 11.1 Å². The van der Waals surface area contributed by atoms with Crippen LogP contribution in [-0.2, 0) is 13.1 Å². The van der Waals surface area contributed by atoms with Gasteiger partial charge in [-0.25, -0.2) is 0 Å². The van der Waals surface area contributed by atoms with E-state index in [9.17, 15) is 9.59 Å². The molecule has 0 spiro atoms. The summed E-state index contributed by atoms with van der Waals surface area (Å²) in [4.78, 5) is 25.2. The first kappa shape index (κ1) is 22.9. The Morgan fingerprint density at radius 3 is 1.35 bits per heavy atom. The van der Waals surface area contributed by atoms with Gasteiger partial charge >= 0.3 is 0 Å². The van der Waals surface area contributed by atoms with Gasteiger partial charge in [0.2, 0.25) is 24.7 Å². The fourth-order valence-corrected chi connectivity index (χ4v) is 3.62. The van der Waals surface area contributed by atoms with Crippen LogP contribution in [0.15, 0.2) is 97.6 Å². The molecule has 4 rings (SSSR count). The summed E-state index contributed by atoms with van der Waals surface area (Å²) in [6.07, 6.45) is 7.56. The summed E-state index contributed by atoms with van der Waals surface area (Å²) in [6.45, 7) is 0.489. The van der Waals surface area contributed by atoms with Crippen molar-refractivity contribution in [2.75, 3.05) is 14.2 Å². The van der Waals surface area contributed by atoms with Crippen LogP contribution >= 0.6 is 0 Å². The number of carbonyl (C=O) groups excluding carboxylic acids is 2. The lowest BCUT2D eigenvalue weighted by Gasteiger charge is -2.04. The number of benzene rings is 2. The van der Waals surface area contributed by atoms with Crippen molar-refractivity contribution in [3.8, 4) is 22.6 Å². The van der Waals surface area contributed by atoms with Crippen LogP contribution < -0.4 is 18.6 Å². The number of rotatable bonds is 9. The van der Waals surface area contributed by atoms with Crippen molar-refractivity contribution in [3.05, 3.63) is 109 Å². The van der Waals surface area contributed by atoms with Gasteiger partial charge in [0.25, 0.3) is 0 Å². The molecule has 2 aromatic heterocycles. The van der Waals surface area contributed by atoms with Crippen LogP contribution in [0.4, 0.5) is 0 Å². The average molecular weight is 455 g/mol. The van der Waals surface area contributed by atoms with E-state index in [-0.39, 0.29) is 24.7 Å². The zero-order chi connectivity index (χ0) is 23.9. The van der Waals surface area contributed by atoms with Gasteiger partial charge in [0.15, 0.2) is 24.8 Å². The number of hydrogen-bond acceptors (Lipinski definition) is 4. The Labute approximate surface area is 198 Å². The molecule has 0 aliphatic heterocycles. The molecule has 0 bridgehead atoms. The summed E-state index contributed by atoms with van der Waals surface area (Å²) in [5, 5.41) is 0. The molecule has 0 saturated heterocycles. The SMILES string of the molecule is COc1cccc(C(=O)C[n+]2ccc(-c3cc[n+](CC(=O)c4cccc(OC)c4)cc3)cc2)c1. The van der Waals surface area contributed by atoms with E-state index < -0.39 is 0 Å². The number of hydrogen-bond donors (Lipinski definition) is 0. The number of ether oxygens (including phenoxy) is 2. The number of nitrogens with zero attached hydrogens (tertiary/aromatic N) is 2. The molecule has 0 saturated carbocycles. The van der Waals surface area contributed by atoms with Crippen LogP contribution in [0.25, 0.3) is 11.1 Å². The molecule has 0 fully saturated rings. The Hall–Kier alpha value is -4.32. The third-order valence-corrected chi connectivity index (χ3v) is 5.55. The van der Waals surface area contributed by atoms with Crippen molar-refractivity contribution in [2.45, 2.75) is 13.1 Å². The number of methoxy groups -OCH3 is 2. The lowest BCUT2D eigenvalue weighted by atomic mass is 10.1. The maximum atomic E-state index is 12.6. The van der Waals surface area contributed by atoms with E-state index in [2.05, 4.69) is 0 Å². The summed E-state index contributed by atoms with van der Waals surface area (Å²) < 4.78 is 14.1. The largest absolute Gasteiger partial charge is 0.497 e. The molecule has 2 heterocycles. The van der Waals surface area contributed by atoms with E-state index in [4.69, 9.17) is 9.47 Å². The molecular weight excluding hydrogens is 428 g/mol. The second kappa shape index (κ2) is 10.5. The number of aromatic nitrogens is 2.